The van der Waals surface area contributed by atoms with Crippen LogP contribution < -0.4 is 0 Å². The van der Waals surface area contributed by atoms with Gasteiger partial charge >= 0.3 is 0 Å². The van der Waals surface area contributed by atoms with Crippen LogP contribution in [0.3, 0.4) is 0 Å². The summed E-state index contributed by atoms with van der Waals surface area (Å²) < 4.78 is 6.11. The van der Waals surface area contributed by atoms with Crippen LogP contribution in [0.2, 0.25) is 0 Å². The molecule has 2 heteroatoms. The number of likely N-dealkylation sites (N-methyl/N-ethyl adjacent to an activating group) is 1. The number of benzene rings is 3. The fourth-order valence-electron chi connectivity index (χ4n) is 4.67. The highest BCUT2D eigenvalue weighted by Crippen LogP contribution is 2.41. The number of hydrogen-bond acceptors (Lipinski definition) is 2. The highest BCUT2D eigenvalue weighted by Gasteiger charge is 2.42. The first-order valence-electron chi connectivity index (χ1n) is 10.0. The average molecular weight is 372 g/mol. The van der Waals surface area contributed by atoms with E-state index in [2.05, 4.69) is 98.7 Å². The second-order valence-electron chi connectivity index (χ2n) is 8.14. The summed E-state index contributed by atoms with van der Waals surface area (Å²) in [6.45, 7) is 2.23. The van der Waals surface area contributed by atoms with Crippen LogP contribution in [0.15, 0.2) is 72.8 Å². The third-order valence-corrected chi connectivity index (χ3v) is 6.34. The van der Waals surface area contributed by atoms with E-state index in [1.54, 1.807) is 0 Å². The summed E-state index contributed by atoms with van der Waals surface area (Å²) >= 11 is 0. The molecule has 3 aromatic rings. The van der Waals surface area contributed by atoms with Crippen molar-refractivity contribution in [2.45, 2.75) is 31.4 Å². The lowest BCUT2D eigenvalue weighted by Gasteiger charge is -2.45. The van der Waals surface area contributed by atoms with Crippen molar-refractivity contribution in [3.8, 4) is 22.3 Å². The third kappa shape index (κ3) is 3.28. The fourth-order valence-corrected chi connectivity index (χ4v) is 4.67. The summed E-state index contributed by atoms with van der Waals surface area (Å²) in [4.78, 5) is 2.30. The van der Waals surface area contributed by atoms with Crippen molar-refractivity contribution in [1.29, 1.82) is 0 Å². The Bertz CT molecular complexity index is 946. The second-order valence-corrected chi connectivity index (χ2v) is 8.14. The highest BCUT2D eigenvalue weighted by atomic mass is 16.5. The predicted octanol–water partition coefficient (Wildman–Crippen LogP) is 5.76. The van der Waals surface area contributed by atoms with Crippen LogP contribution in [0.25, 0.3) is 22.3 Å². The van der Waals surface area contributed by atoms with Crippen LogP contribution in [0.4, 0.5) is 0 Å². The molecule has 0 spiro atoms. The van der Waals surface area contributed by atoms with E-state index in [4.69, 9.17) is 4.74 Å². The Morgan fingerprint density at radius 1 is 0.821 bits per heavy atom. The first-order chi connectivity index (χ1) is 13.5. The van der Waals surface area contributed by atoms with Crippen molar-refractivity contribution in [2.75, 3.05) is 21.2 Å². The van der Waals surface area contributed by atoms with E-state index < -0.39 is 0 Å². The molecule has 0 heterocycles. The van der Waals surface area contributed by atoms with Gasteiger partial charge < -0.3 is 9.64 Å². The molecule has 0 radical (unpaired) electrons. The minimum atomic E-state index is -0.295. The molecule has 2 nitrogen and oxygen atoms in total. The Morgan fingerprint density at radius 3 is 2.00 bits per heavy atom. The van der Waals surface area contributed by atoms with Crippen molar-refractivity contribution in [3.05, 3.63) is 83.9 Å². The van der Waals surface area contributed by atoms with E-state index in [9.17, 15) is 0 Å². The molecule has 0 saturated carbocycles. The summed E-state index contributed by atoms with van der Waals surface area (Å²) in [5, 5.41) is 0. The van der Waals surface area contributed by atoms with Crippen LogP contribution in [0.1, 0.15) is 24.5 Å². The predicted molar refractivity (Wildman–Crippen MR) is 117 cm³/mol. The second kappa shape index (κ2) is 7.54. The Hall–Kier alpha value is -2.42. The Labute approximate surface area is 168 Å². The molecule has 28 heavy (non-hydrogen) atoms. The number of methoxy groups -OCH3 is 1. The number of rotatable bonds is 4. The highest BCUT2D eigenvalue weighted by molar-refractivity contribution is 5.71. The van der Waals surface area contributed by atoms with Crippen LogP contribution >= 0.6 is 0 Å². The molecule has 0 bridgehead atoms. The molecule has 0 aliphatic heterocycles. The van der Waals surface area contributed by atoms with E-state index in [1.165, 1.54) is 33.4 Å². The van der Waals surface area contributed by atoms with Crippen LogP contribution in [0.5, 0.6) is 0 Å². The minimum Gasteiger partial charge on any atom is -0.372 e. The molecule has 1 aliphatic carbocycles. The van der Waals surface area contributed by atoms with E-state index in [0.29, 0.717) is 6.04 Å². The number of nitrogens with zero attached hydrogens (tertiary/aromatic N) is 1. The maximum atomic E-state index is 6.11. The van der Waals surface area contributed by atoms with Crippen molar-refractivity contribution in [3.63, 3.8) is 0 Å². The molecule has 0 N–H and O–H groups in total. The summed E-state index contributed by atoms with van der Waals surface area (Å²) in [6, 6.07) is 26.6. The summed E-state index contributed by atoms with van der Waals surface area (Å²) in [5.74, 6) is 0. The molecular weight excluding hydrogens is 342 g/mol. The molecule has 3 aromatic carbocycles. The molecule has 4 rings (SSSR count). The Morgan fingerprint density at radius 2 is 1.39 bits per heavy atom. The van der Waals surface area contributed by atoms with Gasteiger partial charge in [-0.1, -0.05) is 66.7 Å². The van der Waals surface area contributed by atoms with Gasteiger partial charge in [-0.15, -0.1) is 0 Å². The van der Waals surface area contributed by atoms with Crippen molar-refractivity contribution in [2.24, 2.45) is 0 Å². The van der Waals surface area contributed by atoms with Crippen molar-refractivity contribution < 1.29 is 4.74 Å². The first kappa shape index (κ1) is 18.9. The quantitative estimate of drug-likeness (QED) is 0.578. The zero-order valence-corrected chi connectivity index (χ0v) is 17.3. The van der Waals surface area contributed by atoms with Gasteiger partial charge in [-0.3, -0.25) is 0 Å². The standard InChI is InChI=1S/C26H29NO/c1-26(28-4)24-18-23(15-14-22(24)16-17-25(26)27(2)3)21-12-10-20(11-13-21)19-8-6-5-7-9-19/h5-15,18,25H,16-17H2,1-4H3. The van der Waals surface area contributed by atoms with Crippen LogP contribution in [-0.4, -0.2) is 32.1 Å². The van der Waals surface area contributed by atoms with E-state index >= 15 is 0 Å². The normalized spacial score (nSPS) is 21.5. The average Bonchev–Trinajstić information content (AvgIpc) is 2.74. The van der Waals surface area contributed by atoms with Gasteiger partial charge in [0.2, 0.25) is 0 Å². The molecule has 0 saturated heterocycles. The number of hydrogen-bond donors (Lipinski definition) is 0. The van der Waals surface area contributed by atoms with Crippen molar-refractivity contribution >= 4 is 0 Å². The van der Waals surface area contributed by atoms with E-state index in [1.807, 2.05) is 7.11 Å². The molecule has 144 valence electrons. The topological polar surface area (TPSA) is 12.5 Å². The van der Waals surface area contributed by atoms with E-state index in [-0.39, 0.29) is 5.60 Å². The lowest BCUT2D eigenvalue weighted by atomic mass is 9.75. The number of fused-ring (bicyclic) bond motifs is 1. The Balaban J connectivity index is 1.71. The summed E-state index contributed by atoms with van der Waals surface area (Å²) in [5.41, 5.74) is 7.43. The van der Waals surface area contributed by atoms with Gasteiger partial charge in [-0.2, -0.15) is 0 Å². The van der Waals surface area contributed by atoms with E-state index in [0.717, 1.165) is 12.8 Å². The molecule has 0 aromatic heterocycles. The molecule has 0 fully saturated rings. The zero-order valence-electron chi connectivity index (χ0n) is 17.3. The van der Waals surface area contributed by atoms with Gasteiger partial charge in [0, 0.05) is 13.2 Å². The maximum Gasteiger partial charge on any atom is 0.106 e. The molecule has 2 atom stereocenters. The lowest BCUT2D eigenvalue weighted by molar-refractivity contribution is -0.0685. The van der Waals surface area contributed by atoms with Crippen molar-refractivity contribution in [1.82, 2.24) is 4.90 Å². The fraction of sp³-hybridized carbons (Fsp3) is 0.308. The SMILES string of the molecule is COC1(C)c2cc(-c3ccc(-c4ccccc4)cc3)ccc2CCC1N(C)C. The van der Waals surface area contributed by atoms with Gasteiger partial charge in [0.05, 0.1) is 0 Å². The van der Waals surface area contributed by atoms with Gasteiger partial charge in [0.1, 0.15) is 5.60 Å². The lowest BCUT2D eigenvalue weighted by Crippen LogP contribution is -2.50. The minimum absolute atomic E-state index is 0.295. The maximum absolute atomic E-state index is 6.11. The summed E-state index contributed by atoms with van der Waals surface area (Å²) in [7, 11) is 6.14. The zero-order chi connectivity index (χ0) is 19.7. The summed E-state index contributed by atoms with van der Waals surface area (Å²) in [6.07, 6.45) is 2.22. The number of aryl methyl sites for hydroxylation is 1. The smallest absolute Gasteiger partial charge is 0.106 e. The van der Waals surface area contributed by atoms with Crippen LogP contribution in [-0.2, 0) is 16.8 Å². The van der Waals surface area contributed by atoms with Gasteiger partial charge in [0.25, 0.3) is 0 Å². The van der Waals surface area contributed by atoms with Gasteiger partial charge in [-0.25, -0.2) is 0 Å². The molecule has 0 amide bonds. The van der Waals surface area contributed by atoms with Gasteiger partial charge in [0.15, 0.2) is 0 Å². The first-order valence-corrected chi connectivity index (χ1v) is 10.0. The Kier molecular flexibility index (Phi) is 5.09. The molecule has 2 unspecified atom stereocenters. The number of ether oxygens (including phenoxy) is 1. The monoisotopic (exact) mass is 371 g/mol. The molecular formula is C26H29NO. The van der Waals surface area contributed by atoms with Crippen LogP contribution in [0, 0.1) is 0 Å². The third-order valence-electron chi connectivity index (χ3n) is 6.34. The molecule has 1 aliphatic rings. The van der Waals surface area contributed by atoms with Gasteiger partial charge in [-0.05, 0) is 73.3 Å². The largest absolute Gasteiger partial charge is 0.372 e.